The van der Waals surface area contributed by atoms with Gasteiger partial charge in [0.15, 0.2) is 24.0 Å². The van der Waals surface area contributed by atoms with E-state index in [9.17, 15) is 0 Å². The molecule has 3 aromatic rings. The fourth-order valence-corrected chi connectivity index (χ4v) is 3.97. The molecule has 0 atom stereocenters. The van der Waals surface area contributed by atoms with Gasteiger partial charge in [-0.2, -0.15) is 14.6 Å². The Balaban J connectivity index is 1.27. The van der Waals surface area contributed by atoms with Crippen LogP contribution in [0.15, 0.2) is 35.7 Å². The van der Waals surface area contributed by atoms with E-state index in [0.29, 0.717) is 30.8 Å². The Morgan fingerprint density at radius 1 is 1.18 bits per heavy atom. The van der Waals surface area contributed by atoms with Crippen molar-refractivity contribution in [2.45, 2.75) is 31.8 Å². The van der Waals surface area contributed by atoms with E-state index < -0.39 is 0 Å². The molecule has 1 aliphatic carbocycles. The highest BCUT2D eigenvalue weighted by Crippen LogP contribution is 2.29. The van der Waals surface area contributed by atoms with E-state index in [1.807, 2.05) is 18.2 Å². The minimum absolute atomic E-state index is 0.0248. The average Bonchev–Trinajstić information content (AvgIpc) is 3.34. The van der Waals surface area contributed by atoms with Gasteiger partial charge >= 0.3 is 6.01 Å². The molecule has 2 aliphatic rings. The number of aliphatic imine (C=N–C) groups is 1. The molecule has 1 saturated heterocycles. The van der Waals surface area contributed by atoms with Gasteiger partial charge in [-0.1, -0.05) is 0 Å². The third kappa shape index (κ3) is 5.04. The molecule has 0 aromatic carbocycles. The van der Waals surface area contributed by atoms with Crippen LogP contribution in [-0.2, 0) is 9.47 Å². The Morgan fingerprint density at radius 2 is 2.03 bits per heavy atom. The Kier molecular flexibility index (Phi) is 6.58. The zero-order valence-corrected chi connectivity index (χ0v) is 18.6. The number of morpholine rings is 1. The molecule has 0 spiro atoms. The summed E-state index contributed by atoms with van der Waals surface area (Å²) in [4.78, 5) is 20.4. The quantitative estimate of drug-likeness (QED) is 0.498. The highest BCUT2D eigenvalue weighted by atomic mass is 16.7. The van der Waals surface area contributed by atoms with Gasteiger partial charge in [0.05, 0.1) is 13.2 Å². The molecule has 11 heteroatoms. The van der Waals surface area contributed by atoms with E-state index in [2.05, 4.69) is 20.0 Å². The van der Waals surface area contributed by atoms with Crippen molar-refractivity contribution in [3.05, 3.63) is 30.7 Å². The van der Waals surface area contributed by atoms with Gasteiger partial charge < -0.3 is 23.8 Å². The molecular weight excluding hydrogens is 426 g/mol. The average molecular weight is 454 g/mol. The molecule has 1 aliphatic heterocycles. The van der Waals surface area contributed by atoms with E-state index in [1.165, 1.54) is 6.33 Å². The van der Waals surface area contributed by atoms with Crippen molar-refractivity contribution in [3.63, 3.8) is 0 Å². The van der Waals surface area contributed by atoms with Crippen LogP contribution in [0.2, 0.25) is 0 Å². The second kappa shape index (κ2) is 10.1. The first-order chi connectivity index (χ1) is 16.3. The fraction of sp³-hybridized carbons (Fsp3) is 0.500. The summed E-state index contributed by atoms with van der Waals surface area (Å²) in [7, 11) is 1.59. The van der Waals surface area contributed by atoms with Gasteiger partial charge in [0.2, 0.25) is 0 Å². The van der Waals surface area contributed by atoms with Crippen molar-refractivity contribution in [2.24, 2.45) is 4.99 Å². The summed E-state index contributed by atoms with van der Waals surface area (Å²) in [6.07, 6.45) is 6.55. The number of aromatic nitrogens is 5. The summed E-state index contributed by atoms with van der Waals surface area (Å²) in [5, 5.41) is 4.29. The molecule has 0 unspecified atom stereocenters. The maximum Gasteiger partial charge on any atom is 0.321 e. The highest BCUT2D eigenvalue weighted by molar-refractivity contribution is 5.87. The first kappa shape index (κ1) is 21.5. The maximum atomic E-state index is 6.31. The first-order valence-electron chi connectivity index (χ1n) is 11.1. The van der Waals surface area contributed by atoms with E-state index >= 15 is 0 Å². The summed E-state index contributed by atoms with van der Waals surface area (Å²) in [6.45, 7) is 3.13. The predicted molar refractivity (Wildman–Crippen MR) is 121 cm³/mol. The SMILES string of the molecule is COCOc1cccnc1N=C1CCC(Oc2nc(N3CCOCC3)cc3ncnn23)CC1. The van der Waals surface area contributed by atoms with E-state index in [1.54, 1.807) is 17.8 Å². The van der Waals surface area contributed by atoms with Gasteiger partial charge in [-0.3, -0.25) is 0 Å². The molecule has 4 heterocycles. The molecule has 2 fully saturated rings. The standard InChI is InChI=1S/C22H27N7O4/c1-30-15-32-18-3-2-8-23-21(18)26-16-4-6-17(7-5-16)33-22-27-20(28-9-11-31-12-10-28)13-19-24-14-25-29(19)22/h2-3,8,13-14,17H,4-7,9-12,15H2,1H3. The summed E-state index contributed by atoms with van der Waals surface area (Å²) >= 11 is 0. The largest absolute Gasteiger partial charge is 0.464 e. The topological polar surface area (TPSA) is 108 Å². The molecule has 5 rings (SSSR count). The lowest BCUT2D eigenvalue weighted by atomic mass is 9.95. The number of hydrogen-bond donors (Lipinski definition) is 0. The normalized spacial score (nSPS) is 19.0. The Labute approximate surface area is 191 Å². The van der Waals surface area contributed by atoms with E-state index in [4.69, 9.17) is 28.9 Å². The van der Waals surface area contributed by atoms with Crippen molar-refractivity contribution >= 4 is 23.0 Å². The van der Waals surface area contributed by atoms with E-state index in [-0.39, 0.29) is 12.9 Å². The van der Waals surface area contributed by atoms with Crippen LogP contribution in [0.3, 0.4) is 0 Å². The Hall–Kier alpha value is -3.31. The molecule has 0 amide bonds. The molecule has 0 N–H and O–H groups in total. The summed E-state index contributed by atoms with van der Waals surface area (Å²) in [5.41, 5.74) is 1.80. The first-order valence-corrected chi connectivity index (χ1v) is 11.1. The van der Waals surface area contributed by atoms with Gasteiger partial charge in [-0.15, -0.1) is 0 Å². The minimum atomic E-state index is 0.0248. The smallest absolute Gasteiger partial charge is 0.321 e. The number of ether oxygens (including phenoxy) is 4. The van der Waals surface area contributed by atoms with Gasteiger partial charge in [0, 0.05) is 38.2 Å². The van der Waals surface area contributed by atoms with Crippen molar-refractivity contribution in [1.29, 1.82) is 0 Å². The second-order valence-corrected chi connectivity index (χ2v) is 7.90. The molecule has 3 aromatic heterocycles. The van der Waals surface area contributed by atoms with Crippen molar-refractivity contribution < 1.29 is 18.9 Å². The van der Waals surface area contributed by atoms with Crippen LogP contribution < -0.4 is 14.4 Å². The van der Waals surface area contributed by atoms with Crippen LogP contribution >= 0.6 is 0 Å². The van der Waals surface area contributed by atoms with Crippen molar-refractivity contribution in [1.82, 2.24) is 24.6 Å². The number of pyridine rings is 1. The summed E-state index contributed by atoms with van der Waals surface area (Å²) in [5.74, 6) is 2.03. The zero-order valence-electron chi connectivity index (χ0n) is 18.6. The number of anilines is 1. The lowest BCUT2D eigenvalue weighted by molar-refractivity contribution is 0.0513. The third-order valence-electron chi connectivity index (χ3n) is 5.69. The van der Waals surface area contributed by atoms with Crippen LogP contribution in [0, 0.1) is 0 Å². The van der Waals surface area contributed by atoms with Gasteiger partial charge in [0.1, 0.15) is 18.2 Å². The molecule has 1 saturated carbocycles. The van der Waals surface area contributed by atoms with Gasteiger partial charge in [-0.25, -0.2) is 15.0 Å². The Morgan fingerprint density at radius 3 is 2.85 bits per heavy atom. The molecule has 11 nitrogen and oxygen atoms in total. The Bertz CT molecular complexity index is 1100. The third-order valence-corrected chi connectivity index (χ3v) is 5.69. The number of rotatable bonds is 7. The number of hydrogen-bond acceptors (Lipinski definition) is 10. The van der Waals surface area contributed by atoms with Crippen molar-refractivity contribution in [3.8, 4) is 11.8 Å². The van der Waals surface area contributed by atoms with Gasteiger partial charge in [-0.05, 0) is 37.8 Å². The fourth-order valence-electron chi connectivity index (χ4n) is 3.97. The zero-order chi connectivity index (χ0) is 22.5. The summed E-state index contributed by atoms with van der Waals surface area (Å²) < 4.78 is 24.0. The van der Waals surface area contributed by atoms with Gasteiger partial charge in [0.25, 0.3) is 0 Å². The monoisotopic (exact) mass is 453 g/mol. The van der Waals surface area contributed by atoms with Crippen LogP contribution in [0.5, 0.6) is 11.8 Å². The molecule has 33 heavy (non-hydrogen) atoms. The predicted octanol–water partition coefficient (Wildman–Crippen LogP) is 2.43. The number of nitrogens with zero attached hydrogens (tertiary/aromatic N) is 7. The lowest BCUT2D eigenvalue weighted by Gasteiger charge is -2.28. The summed E-state index contributed by atoms with van der Waals surface area (Å²) in [6, 6.07) is 6.07. The second-order valence-electron chi connectivity index (χ2n) is 7.90. The van der Waals surface area contributed by atoms with Crippen LogP contribution in [0.4, 0.5) is 11.6 Å². The number of methoxy groups -OCH3 is 1. The van der Waals surface area contributed by atoms with E-state index in [0.717, 1.165) is 55.9 Å². The molecular formula is C22H27N7O4. The minimum Gasteiger partial charge on any atom is -0.464 e. The van der Waals surface area contributed by atoms with Crippen molar-refractivity contribution in [2.75, 3.05) is 45.1 Å². The molecule has 0 radical (unpaired) electrons. The van der Waals surface area contributed by atoms with Crippen LogP contribution in [0.1, 0.15) is 25.7 Å². The molecule has 174 valence electrons. The lowest BCUT2D eigenvalue weighted by Crippen LogP contribution is -2.37. The maximum absolute atomic E-state index is 6.31. The molecule has 0 bridgehead atoms. The van der Waals surface area contributed by atoms with Crippen LogP contribution in [-0.4, -0.2) is 76.6 Å². The highest BCUT2D eigenvalue weighted by Gasteiger charge is 2.23. The number of fused-ring (bicyclic) bond motifs is 1. The van der Waals surface area contributed by atoms with Crippen LogP contribution in [0.25, 0.3) is 5.65 Å².